The minimum absolute atomic E-state index is 0.0998. The number of hydrogen-bond acceptors (Lipinski definition) is 3. The van der Waals surface area contributed by atoms with E-state index in [1.54, 1.807) is 6.20 Å². The van der Waals surface area contributed by atoms with Gasteiger partial charge in [-0.15, -0.1) is 0 Å². The van der Waals surface area contributed by atoms with E-state index in [1.165, 1.54) is 11.1 Å². The Labute approximate surface area is 122 Å². The maximum atomic E-state index is 6.10. The molecule has 1 aliphatic rings. The van der Waals surface area contributed by atoms with E-state index in [0.29, 0.717) is 5.88 Å². The number of aromatic nitrogens is 3. The smallest absolute Gasteiger partial charge is 0.259 e. The normalized spacial score (nSPS) is 16.4. The Morgan fingerprint density at radius 1 is 1.19 bits per heavy atom. The van der Waals surface area contributed by atoms with E-state index in [2.05, 4.69) is 34.3 Å². The fraction of sp³-hybridized carbons (Fsp3) is 0.176. The first kappa shape index (κ1) is 12.1. The van der Waals surface area contributed by atoms with Gasteiger partial charge in [-0.05, 0) is 25.5 Å². The molecular formula is C17H15N3O. The van der Waals surface area contributed by atoms with Crippen molar-refractivity contribution in [1.82, 2.24) is 14.4 Å². The van der Waals surface area contributed by atoms with Crippen LogP contribution in [0.25, 0.3) is 11.7 Å². The van der Waals surface area contributed by atoms with E-state index in [1.807, 2.05) is 36.6 Å². The first-order valence-electron chi connectivity index (χ1n) is 6.98. The fourth-order valence-corrected chi connectivity index (χ4v) is 2.71. The van der Waals surface area contributed by atoms with Crippen molar-refractivity contribution in [1.29, 1.82) is 0 Å². The first-order chi connectivity index (χ1) is 10.2. The Kier molecular flexibility index (Phi) is 2.57. The van der Waals surface area contributed by atoms with Gasteiger partial charge in [0, 0.05) is 23.7 Å². The Bertz CT molecular complexity index is 864. The minimum Gasteiger partial charge on any atom is -0.463 e. The van der Waals surface area contributed by atoms with Gasteiger partial charge in [0.2, 0.25) is 5.65 Å². The van der Waals surface area contributed by atoms with Crippen LogP contribution in [0.15, 0.2) is 42.7 Å². The van der Waals surface area contributed by atoms with Gasteiger partial charge >= 0.3 is 0 Å². The molecule has 0 saturated carbocycles. The van der Waals surface area contributed by atoms with E-state index in [9.17, 15) is 0 Å². The quantitative estimate of drug-likeness (QED) is 0.719. The van der Waals surface area contributed by atoms with Gasteiger partial charge in [0.15, 0.2) is 0 Å². The topological polar surface area (TPSA) is 39.4 Å². The highest BCUT2D eigenvalue weighted by Crippen LogP contribution is 2.32. The van der Waals surface area contributed by atoms with Crippen LogP contribution >= 0.6 is 0 Å². The molecule has 2 aromatic heterocycles. The Morgan fingerprint density at radius 2 is 2.05 bits per heavy atom. The van der Waals surface area contributed by atoms with Crippen molar-refractivity contribution in [2.45, 2.75) is 20.0 Å². The lowest BCUT2D eigenvalue weighted by molar-refractivity contribution is 0.250. The van der Waals surface area contributed by atoms with Crippen LogP contribution in [0.2, 0.25) is 0 Å². The van der Waals surface area contributed by atoms with Crippen LogP contribution in [0.5, 0.6) is 5.88 Å². The van der Waals surface area contributed by atoms with Crippen LogP contribution in [0, 0.1) is 13.8 Å². The summed E-state index contributed by atoms with van der Waals surface area (Å²) in [7, 11) is 0. The van der Waals surface area contributed by atoms with Gasteiger partial charge in [-0.25, -0.2) is 9.97 Å². The summed E-state index contributed by atoms with van der Waals surface area (Å²) in [6, 6.07) is 8.24. The second-order valence-electron chi connectivity index (χ2n) is 5.24. The van der Waals surface area contributed by atoms with Gasteiger partial charge in [-0.1, -0.05) is 30.3 Å². The molecule has 1 unspecified atom stereocenters. The lowest BCUT2D eigenvalue weighted by atomic mass is 10.1. The Balaban J connectivity index is 1.76. The molecule has 0 fully saturated rings. The molecule has 0 spiro atoms. The van der Waals surface area contributed by atoms with Crippen molar-refractivity contribution >= 4 is 11.7 Å². The molecule has 21 heavy (non-hydrogen) atoms. The number of aryl methyl sites for hydroxylation is 2. The second-order valence-corrected chi connectivity index (χ2v) is 5.24. The summed E-state index contributed by atoms with van der Waals surface area (Å²) in [6.07, 6.45) is 7.70. The molecule has 4 rings (SSSR count). The monoisotopic (exact) mass is 277 g/mol. The molecule has 1 atom stereocenters. The van der Waals surface area contributed by atoms with Crippen molar-refractivity contribution in [3.63, 3.8) is 0 Å². The molecule has 0 bridgehead atoms. The molecule has 0 amide bonds. The van der Waals surface area contributed by atoms with Crippen molar-refractivity contribution in [3.05, 3.63) is 65.2 Å². The van der Waals surface area contributed by atoms with E-state index in [4.69, 9.17) is 4.74 Å². The van der Waals surface area contributed by atoms with E-state index in [0.717, 1.165) is 17.0 Å². The van der Waals surface area contributed by atoms with Crippen LogP contribution in [0.1, 0.15) is 28.6 Å². The van der Waals surface area contributed by atoms with Gasteiger partial charge in [0.25, 0.3) is 5.88 Å². The maximum Gasteiger partial charge on any atom is 0.259 e. The number of nitrogens with zero attached hydrogens (tertiary/aromatic N) is 3. The zero-order valence-electron chi connectivity index (χ0n) is 11.9. The molecule has 4 nitrogen and oxygen atoms in total. The first-order valence-corrected chi connectivity index (χ1v) is 6.98. The third-order valence-electron chi connectivity index (χ3n) is 3.98. The molecule has 1 aliphatic carbocycles. The number of ether oxygens (including phenoxy) is 1. The van der Waals surface area contributed by atoms with Crippen LogP contribution in [0.4, 0.5) is 0 Å². The van der Waals surface area contributed by atoms with Crippen molar-refractivity contribution in [2.75, 3.05) is 0 Å². The Hall–Kier alpha value is -2.62. The molecule has 3 aromatic rings. The number of hydrogen-bond donors (Lipinski definition) is 0. The van der Waals surface area contributed by atoms with Crippen molar-refractivity contribution in [3.8, 4) is 5.88 Å². The molecule has 2 heterocycles. The Morgan fingerprint density at radius 3 is 2.95 bits per heavy atom. The zero-order valence-corrected chi connectivity index (χ0v) is 11.9. The van der Waals surface area contributed by atoms with Gasteiger partial charge in [-0.2, -0.15) is 0 Å². The van der Waals surface area contributed by atoms with E-state index in [-0.39, 0.29) is 6.10 Å². The molecule has 0 N–H and O–H groups in total. The van der Waals surface area contributed by atoms with Crippen molar-refractivity contribution < 1.29 is 4.74 Å². The highest BCUT2D eigenvalue weighted by molar-refractivity contribution is 5.62. The third kappa shape index (κ3) is 1.83. The predicted molar refractivity (Wildman–Crippen MR) is 81.3 cm³/mol. The second kappa shape index (κ2) is 4.45. The van der Waals surface area contributed by atoms with Gasteiger partial charge in [0.05, 0.1) is 5.69 Å². The number of imidazole rings is 1. The number of fused-ring (bicyclic) bond motifs is 2. The highest BCUT2D eigenvalue weighted by atomic mass is 16.5. The van der Waals surface area contributed by atoms with Gasteiger partial charge in [-0.3, -0.25) is 4.40 Å². The zero-order chi connectivity index (χ0) is 14.4. The number of rotatable bonds is 2. The molecule has 4 heteroatoms. The SMILES string of the molecule is Cc1nc2c(OC3C=Cc4ccccc43)nccn2c1C. The maximum absolute atomic E-state index is 6.10. The van der Waals surface area contributed by atoms with Gasteiger partial charge in [0.1, 0.15) is 6.10 Å². The molecule has 0 radical (unpaired) electrons. The average Bonchev–Trinajstić information content (AvgIpc) is 3.03. The van der Waals surface area contributed by atoms with Crippen LogP contribution in [-0.2, 0) is 0 Å². The third-order valence-corrected chi connectivity index (χ3v) is 3.98. The summed E-state index contributed by atoms with van der Waals surface area (Å²) in [4.78, 5) is 8.92. The minimum atomic E-state index is -0.0998. The van der Waals surface area contributed by atoms with Crippen LogP contribution in [-0.4, -0.2) is 14.4 Å². The molecule has 0 aliphatic heterocycles. The summed E-state index contributed by atoms with van der Waals surface area (Å²) in [5.41, 5.74) is 5.24. The number of benzene rings is 1. The van der Waals surface area contributed by atoms with E-state index < -0.39 is 0 Å². The summed E-state index contributed by atoms with van der Waals surface area (Å²) in [5.74, 6) is 0.569. The lowest BCUT2D eigenvalue weighted by Gasteiger charge is -2.13. The van der Waals surface area contributed by atoms with Crippen LogP contribution in [0.3, 0.4) is 0 Å². The summed E-state index contributed by atoms with van der Waals surface area (Å²) < 4.78 is 8.12. The standard InChI is InChI=1S/C17H15N3O/c1-11-12(2)20-10-9-18-17(16(20)19-11)21-15-8-7-13-5-3-4-6-14(13)15/h3-10,15H,1-2H3. The molecule has 1 aromatic carbocycles. The summed E-state index contributed by atoms with van der Waals surface area (Å²) in [6.45, 7) is 4.04. The highest BCUT2D eigenvalue weighted by Gasteiger charge is 2.20. The van der Waals surface area contributed by atoms with Crippen molar-refractivity contribution in [2.24, 2.45) is 0 Å². The predicted octanol–water partition coefficient (Wildman–Crippen LogP) is 3.49. The lowest BCUT2D eigenvalue weighted by Crippen LogP contribution is -2.05. The molecule has 0 saturated heterocycles. The molecule has 104 valence electrons. The average molecular weight is 277 g/mol. The largest absolute Gasteiger partial charge is 0.463 e. The van der Waals surface area contributed by atoms with Crippen LogP contribution < -0.4 is 4.74 Å². The van der Waals surface area contributed by atoms with E-state index >= 15 is 0 Å². The van der Waals surface area contributed by atoms with Gasteiger partial charge < -0.3 is 4.74 Å². The fourth-order valence-electron chi connectivity index (χ4n) is 2.71. The summed E-state index contributed by atoms with van der Waals surface area (Å²) >= 11 is 0. The molecular weight excluding hydrogens is 262 g/mol. The summed E-state index contributed by atoms with van der Waals surface area (Å²) in [5, 5.41) is 0.